The summed E-state index contributed by atoms with van der Waals surface area (Å²) in [5.41, 5.74) is 1.10. The van der Waals surface area contributed by atoms with Crippen LogP contribution in [0.5, 0.6) is 0 Å². The Morgan fingerprint density at radius 2 is 2.10 bits per heavy atom. The first kappa shape index (κ1) is 15.3. The molecule has 20 heavy (non-hydrogen) atoms. The van der Waals surface area contributed by atoms with Crippen molar-refractivity contribution in [3.8, 4) is 0 Å². The number of thiophene rings is 1. The van der Waals surface area contributed by atoms with Gasteiger partial charge in [-0.3, -0.25) is 10.1 Å². The van der Waals surface area contributed by atoms with E-state index in [0.717, 1.165) is 5.56 Å². The molecule has 1 unspecified atom stereocenters. The molecular weight excluding hydrogens is 318 g/mol. The van der Waals surface area contributed by atoms with Gasteiger partial charge in [0.25, 0.3) is 5.69 Å². The number of nitro groups is 1. The quantitative estimate of drug-likeness (QED) is 0.492. The van der Waals surface area contributed by atoms with Crippen LogP contribution in [0.4, 0.5) is 5.69 Å². The molecular formula is C13H12ClNO3S2. The Labute approximate surface area is 129 Å². The van der Waals surface area contributed by atoms with E-state index in [1.165, 1.54) is 29.2 Å². The summed E-state index contributed by atoms with van der Waals surface area (Å²) in [6, 6.07) is 8.82. The molecule has 1 aromatic carbocycles. The summed E-state index contributed by atoms with van der Waals surface area (Å²) >= 11 is 8.47. The Bertz CT molecular complexity index is 611. The van der Waals surface area contributed by atoms with Gasteiger partial charge in [-0.1, -0.05) is 23.7 Å². The van der Waals surface area contributed by atoms with E-state index in [-0.39, 0.29) is 5.69 Å². The molecule has 1 aromatic heterocycles. The third kappa shape index (κ3) is 3.73. The molecule has 0 bridgehead atoms. The lowest BCUT2D eigenvalue weighted by atomic mass is 10.2. The average Bonchev–Trinajstić information content (AvgIpc) is 2.82. The molecule has 1 heterocycles. The van der Waals surface area contributed by atoms with Gasteiger partial charge in [-0.2, -0.15) is 0 Å². The first-order valence-corrected chi connectivity index (χ1v) is 7.99. The van der Waals surface area contributed by atoms with Gasteiger partial charge in [-0.15, -0.1) is 23.1 Å². The van der Waals surface area contributed by atoms with Gasteiger partial charge in [0.15, 0.2) is 0 Å². The number of hydrogen-bond donors (Lipinski definition) is 1. The summed E-state index contributed by atoms with van der Waals surface area (Å²) in [7, 11) is 0. The summed E-state index contributed by atoms with van der Waals surface area (Å²) in [5, 5.41) is 21.2. The van der Waals surface area contributed by atoms with Crippen LogP contribution in [0.1, 0.15) is 23.5 Å². The number of thioether (sulfide) groups is 1. The van der Waals surface area contributed by atoms with Crippen LogP contribution in [0.3, 0.4) is 0 Å². The SMILES string of the molecule is CC(O)c1cc([N+](=O)[O-])c(SCc2ccc(Cl)cc2)s1. The molecule has 0 aliphatic heterocycles. The van der Waals surface area contributed by atoms with E-state index in [1.807, 2.05) is 12.1 Å². The average molecular weight is 330 g/mol. The van der Waals surface area contributed by atoms with E-state index >= 15 is 0 Å². The molecule has 106 valence electrons. The molecule has 2 rings (SSSR count). The molecule has 0 fully saturated rings. The number of halogens is 1. The van der Waals surface area contributed by atoms with Crippen LogP contribution in [0.2, 0.25) is 5.02 Å². The van der Waals surface area contributed by atoms with E-state index < -0.39 is 11.0 Å². The maximum absolute atomic E-state index is 11.0. The number of aliphatic hydroxyl groups is 1. The zero-order valence-electron chi connectivity index (χ0n) is 10.6. The van der Waals surface area contributed by atoms with Gasteiger partial charge in [-0.25, -0.2) is 0 Å². The van der Waals surface area contributed by atoms with Crippen LogP contribution < -0.4 is 0 Å². The van der Waals surface area contributed by atoms with E-state index in [1.54, 1.807) is 19.1 Å². The molecule has 0 aliphatic rings. The monoisotopic (exact) mass is 329 g/mol. The molecule has 0 saturated carbocycles. The molecule has 0 amide bonds. The highest BCUT2D eigenvalue weighted by Crippen LogP contribution is 2.41. The number of hydrogen-bond acceptors (Lipinski definition) is 5. The van der Waals surface area contributed by atoms with E-state index in [0.29, 0.717) is 19.9 Å². The van der Waals surface area contributed by atoms with Crippen LogP contribution in [0, 0.1) is 10.1 Å². The third-order valence-corrected chi connectivity index (χ3v) is 5.48. The van der Waals surface area contributed by atoms with Crippen molar-refractivity contribution < 1.29 is 10.0 Å². The Balaban J connectivity index is 2.15. The van der Waals surface area contributed by atoms with Crippen molar-refractivity contribution in [2.24, 2.45) is 0 Å². The van der Waals surface area contributed by atoms with Gasteiger partial charge >= 0.3 is 0 Å². The second kappa shape index (κ2) is 6.58. The van der Waals surface area contributed by atoms with E-state index in [4.69, 9.17) is 11.6 Å². The number of rotatable bonds is 5. The van der Waals surface area contributed by atoms with Crippen molar-refractivity contribution >= 4 is 40.4 Å². The van der Waals surface area contributed by atoms with Gasteiger partial charge in [0.1, 0.15) is 4.21 Å². The molecule has 0 saturated heterocycles. The van der Waals surface area contributed by atoms with Crippen LogP contribution in [0.15, 0.2) is 34.5 Å². The Kier molecular flexibility index (Phi) is 5.04. The smallest absolute Gasteiger partial charge is 0.294 e. The van der Waals surface area contributed by atoms with Crippen molar-refractivity contribution in [2.45, 2.75) is 23.0 Å². The summed E-state index contributed by atoms with van der Waals surface area (Å²) in [6.45, 7) is 1.60. The molecule has 0 aliphatic carbocycles. The number of nitrogens with zero attached hydrogens (tertiary/aromatic N) is 1. The van der Waals surface area contributed by atoms with Crippen molar-refractivity contribution in [3.05, 3.63) is 55.9 Å². The molecule has 2 aromatic rings. The van der Waals surface area contributed by atoms with Gasteiger partial charge in [0, 0.05) is 21.7 Å². The van der Waals surface area contributed by atoms with Crippen molar-refractivity contribution in [2.75, 3.05) is 0 Å². The lowest BCUT2D eigenvalue weighted by Crippen LogP contribution is -1.88. The number of aliphatic hydroxyl groups excluding tert-OH is 1. The summed E-state index contributed by atoms with van der Waals surface area (Å²) in [4.78, 5) is 11.2. The van der Waals surface area contributed by atoms with Gasteiger partial charge in [0.2, 0.25) is 0 Å². The molecule has 1 atom stereocenters. The Morgan fingerprint density at radius 1 is 1.45 bits per heavy atom. The normalized spacial score (nSPS) is 12.3. The second-order valence-electron chi connectivity index (χ2n) is 4.17. The number of benzene rings is 1. The van der Waals surface area contributed by atoms with Gasteiger partial charge in [-0.05, 0) is 24.6 Å². The topological polar surface area (TPSA) is 63.4 Å². The lowest BCUT2D eigenvalue weighted by molar-refractivity contribution is -0.387. The van der Waals surface area contributed by atoms with Gasteiger partial charge < -0.3 is 5.11 Å². The highest BCUT2D eigenvalue weighted by atomic mass is 35.5. The van der Waals surface area contributed by atoms with Crippen molar-refractivity contribution in [1.29, 1.82) is 0 Å². The third-order valence-electron chi connectivity index (χ3n) is 2.59. The minimum atomic E-state index is -0.691. The Hall–Kier alpha value is -1.08. The minimum Gasteiger partial charge on any atom is -0.388 e. The van der Waals surface area contributed by atoms with Gasteiger partial charge in [0.05, 0.1) is 11.0 Å². The molecule has 0 spiro atoms. The highest BCUT2D eigenvalue weighted by molar-refractivity contribution is 8.00. The minimum absolute atomic E-state index is 0.0601. The standard InChI is InChI=1S/C13H12ClNO3S2/c1-8(16)12-6-11(15(17)18)13(20-12)19-7-9-2-4-10(14)5-3-9/h2-6,8,16H,7H2,1H3. The summed E-state index contributed by atoms with van der Waals surface area (Å²) < 4.78 is 0.612. The highest BCUT2D eigenvalue weighted by Gasteiger charge is 2.21. The first-order valence-electron chi connectivity index (χ1n) is 5.81. The van der Waals surface area contributed by atoms with Crippen LogP contribution in [-0.4, -0.2) is 10.0 Å². The van der Waals surface area contributed by atoms with Crippen molar-refractivity contribution in [3.63, 3.8) is 0 Å². The summed E-state index contributed by atoms with van der Waals surface area (Å²) in [6.07, 6.45) is -0.691. The van der Waals surface area contributed by atoms with Crippen molar-refractivity contribution in [1.82, 2.24) is 0 Å². The first-order chi connectivity index (χ1) is 9.47. The van der Waals surface area contributed by atoms with E-state index in [9.17, 15) is 15.2 Å². The van der Waals surface area contributed by atoms with Crippen LogP contribution in [-0.2, 0) is 5.75 Å². The zero-order valence-corrected chi connectivity index (χ0v) is 13.0. The van der Waals surface area contributed by atoms with Crippen LogP contribution >= 0.6 is 34.7 Å². The fraction of sp³-hybridized carbons (Fsp3) is 0.231. The molecule has 0 radical (unpaired) electrons. The molecule has 7 heteroatoms. The van der Waals surface area contributed by atoms with E-state index in [2.05, 4.69) is 0 Å². The predicted octanol–water partition coefficient (Wildman–Crippen LogP) is 4.66. The maximum atomic E-state index is 11.0. The lowest BCUT2D eigenvalue weighted by Gasteiger charge is -2.00. The fourth-order valence-electron chi connectivity index (χ4n) is 1.55. The summed E-state index contributed by atoms with van der Waals surface area (Å²) in [5.74, 6) is 0.623. The molecule has 1 N–H and O–H groups in total. The largest absolute Gasteiger partial charge is 0.388 e. The maximum Gasteiger partial charge on any atom is 0.294 e. The second-order valence-corrected chi connectivity index (χ2v) is 6.93. The fourth-order valence-corrected chi connectivity index (χ4v) is 3.94. The van der Waals surface area contributed by atoms with Crippen LogP contribution in [0.25, 0.3) is 0 Å². The molecule has 4 nitrogen and oxygen atoms in total. The predicted molar refractivity (Wildman–Crippen MR) is 82.6 cm³/mol. The Morgan fingerprint density at radius 3 is 2.65 bits per heavy atom. The zero-order chi connectivity index (χ0) is 14.7.